The molecule has 0 spiro atoms. The van der Waals surface area contributed by atoms with Gasteiger partial charge in [-0.15, -0.1) is 0 Å². The van der Waals surface area contributed by atoms with Gasteiger partial charge < -0.3 is 11.5 Å². The minimum atomic E-state index is 0.222. The SMILES string of the molecule is NC(=NCc1ccncc1)N/N=C/c1c2ccccc2c(/C=N/NC(N)=NCc2ccncc2)c2ccccc12. The molecule has 10 heteroatoms. The van der Waals surface area contributed by atoms with E-state index in [-0.39, 0.29) is 11.9 Å². The third-order valence-electron chi connectivity index (χ3n) is 6.12. The molecule has 0 aliphatic rings. The summed E-state index contributed by atoms with van der Waals surface area (Å²) in [7, 11) is 0. The number of benzene rings is 3. The molecule has 0 radical (unpaired) electrons. The number of hydrogen-bond acceptors (Lipinski definition) is 6. The summed E-state index contributed by atoms with van der Waals surface area (Å²) in [4.78, 5) is 16.7. The molecule has 0 amide bonds. The Morgan fingerprint density at radius 3 is 1.27 bits per heavy atom. The van der Waals surface area contributed by atoms with Crippen LogP contribution in [0.5, 0.6) is 0 Å². The van der Waals surface area contributed by atoms with E-state index in [4.69, 9.17) is 11.5 Å². The first kappa shape index (κ1) is 26.0. The van der Waals surface area contributed by atoms with Gasteiger partial charge in [-0.25, -0.2) is 20.8 Å². The van der Waals surface area contributed by atoms with Crippen LogP contribution in [0.1, 0.15) is 22.3 Å². The van der Waals surface area contributed by atoms with Crippen LogP contribution in [-0.2, 0) is 13.1 Å². The van der Waals surface area contributed by atoms with Crippen LogP contribution in [0.4, 0.5) is 0 Å². The first-order valence-electron chi connectivity index (χ1n) is 12.6. The van der Waals surface area contributed by atoms with E-state index in [1.165, 1.54) is 0 Å². The van der Waals surface area contributed by atoms with Crippen molar-refractivity contribution >= 4 is 45.9 Å². The van der Waals surface area contributed by atoms with Crippen LogP contribution in [0, 0.1) is 0 Å². The second-order valence-electron chi connectivity index (χ2n) is 8.77. The molecule has 0 bridgehead atoms. The molecule has 0 atom stereocenters. The summed E-state index contributed by atoms with van der Waals surface area (Å²) < 4.78 is 0. The van der Waals surface area contributed by atoms with Crippen molar-refractivity contribution in [2.75, 3.05) is 0 Å². The van der Waals surface area contributed by atoms with E-state index in [9.17, 15) is 0 Å². The highest BCUT2D eigenvalue weighted by Crippen LogP contribution is 2.31. The number of pyridine rings is 2. The molecular formula is C30H28N10. The van der Waals surface area contributed by atoms with E-state index < -0.39 is 0 Å². The summed E-state index contributed by atoms with van der Waals surface area (Å²) in [6.07, 6.45) is 10.4. The molecule has 10 nitrogen and oxygen atoms in total. The molecule has 0 saturated carbocycles. The summed E-state index contributed by atoms with van der Waals surface area (Å²) in [5, 5.41) is 12.8. The molecular weight excluding hydrogens is 500 g/mol. The van der Waals surface area contributed by atoms with E-state index in [0.717, 1.165) is 43.8 Å². The number of aromatic nitrogens is 2. The van der Waals surface area contributed by atoms with Crippen LogP contribution in [0.3, 0.4) is 0 Å². The zero-order valence-electron chi connectivity index (χ0n) is 21.6. The molecule has 0 saturated heterocycles. The first-order valence-corrected chi connectivity index (χ1v) is 12.6. The van der Waals surface area contributed by atoms with Crippen molar-refractivity contribution in [2.45, 2.75) is 13.1 Å². The predicted molar refractivity (Wildman–Crippen MR) is 162 cm³/mol. The number of hydrogen-bond donors (Lipinski definition) is 4. The molecule has 2 heterocycles. The lowest BCUT2D eigenvalue weighted by Crippen LogP contribution is -2.27. The molecule has 0 aliphatic heterocycles. The summed E-state index contributed by atoms with van der Waals surface area (Å²) in [6.45, 7) is 0.869. The fourth-order valence-electron chi connectivity index (χ4n) is 4.20. The van der Waals surface area contributed by atoms with Gasteiger partial charge in [0.2, 0.25) is 11.9 Å². The van der Waals surface area contributed by atoms with Gasteiger partial charge in [-0.3, -0.25) is 9.97 Å². The van der Waals surface area contributed by atoms with Crippen molar-refractivity contribution in [3.63, 3.8) is 0 Å². The molecule has 5 aromatic rings. The molecule has 40 heavy (non-hydrogen) atoms. The minimum Gasteiger partial charge on any atom is -0.369 e. The molecule has 0 fully saturated rings. The van der Waals surface area contributed by atoms with Crippen molar-refractivity contribution in [2.24, 2.45) is 31.7 Å². The first-order chi connectivity index (χ1) is 19.7. The van der Waals surface area contributed by atoms with Crippen LogP contribution in [0.2, 0.25) is 0 Å². The Bertz CT molecular complexity index is 1530. The number of aliphatic imine (C=N–C) groups is 2. The molecule has 0 unspecified atom stereocenters. The zero-order chi connectivity index (χ0) is 27.6. The molecule has 198 valence electrons. The lowest BCUT2D eigenvalue weighted by molar-refractivity contribution is 0.961. The van der Waals surface area contributed by atoms with Crippen LogP contribution in [-0.4, -0.2) is 34.3 Å². The van der Waals surface area contributed by atoms with Gasteiger partial charge in [0.1, 0.15) is 0 Å². The van der Waals surface area contributed by atoms with E-state index in [2.05, 4.69) is 65.3 Å². The number of fused-ring (bicyclic) bond motifs is 2. The number of rotatable bonds is 8. The number of hydrazone groups is 2. The number of guanidine groups is 2. The van der Waals surface area contributed by atoms with Crippen molar-refractivity contribution in [3.05, 3.63) is 120 Å². The van der Waals surface area contributed by atoms with Crippen LogP contribution in [0.25, 0.3) is 21.5 Å². The smallest absolute Gasteiger partial charge is 0.209 e. The van der Waals surface area contributed by atoms with E-state index >= 15 is 0 Å². The van der Waals surface area contributed by atoms with Crippen molar-refractivity contribution in [3.8, 4) is 0 Å². The van der Waals surface area contributed by atoms with Crippen LogP contribution in [0.15, 0.2) is 118 Å². The van der Waals surface area contributed by atoms with Gasteiger partial charge in [0.05, 0.1) is 25.5 Å². The van der Waals surface area contributed by atoms with E-state index in [1.54, 1.807) is 37.2 Å². The van der Waals surface area contributed by atoms with Crippen molar-refractivity contribution < 1.29 is 0 Å². The normalized spacial score (nSPS) is 12.5. The Morgan fingerprint density at radius 2 is 0.925 bits per heavy atom. The zero-order valence-corrected chi connectivity index (χ0v) is 21.6. The van der Waals surface area contributed by atoms with E-state index in [0.29, 0.717) is 13.1 Å². The maximum absolute atomic E-state index is 6.03. The van der Waals surface area contributed by atoms with Gasteiger partial charge in [0, 0.05) is 35.9 Å². The van der Waals surface area contributed by atoms with Crippen molar-refractivity contribution in [1.29, 1.82) is 0 Å². The fourth-order valence-corrected chi connectivity index (χ4v) is 4.20. The summed E-state index contributed by atoms with van der Waals surface area (Å²) in [6, 6.07) is 23.8. The Labute approximate surface area is 231 Å². The second kappa shape index (κ2) is 12.7. The van der Waals surface area contributed by atoms with Crippen LogP contribution >= 0.6 is 0 Å². The standard InChI is InChI=1S/C30H28N10/c31-29(35-17-21-9-13-33-14-10-21)39-37-19-27-23-5-1-2-6-24(23)28(26-8-4-3-7-25(26)27)20-38-40-30(32)36-18-22-11-15-34-16-12-22/h1-16,19-20H,17-18H2,(H3,31,35,39)(H3,32,36,40)/b37-19+,38-20+. The quantitative estimate of drug-likeness (QED) is 0.104. The monoisotopic (exact) mass is 528 g/mol. The Morgan fingerprint density at radius 1 is 0.575 bits per heavy atom. The molecule has 3 aromatic carbocycles. The highest BCUT2D eigenvalue weighted by Gasteiger charge is 2.11. The number of nitrogens with two attached hydrogens (primary N) is 2. The fraction of sp³-hybridized carbons (Fsp3) is 0.0667. The van der Waals surface area contributed by atoms with Gasteiger partial charge in [0.15, 0.2) is 0 Å². The number of nitrogens with zero attached hydrogens (tertiary/aromatic N) is 6. The summed E-state index contributed by atoms with van der Waals surface area (Å²) in [5.41, 5.74) is 21.6. The maximum Gasteiger partial charge on any atom is 0.209 e. The third kappa shape index (κ3) is 6.43. The second-order valence-corrected chi connectivity index (χ2v) is 8.77. The molecule has 0 aliphatic carbocycles. The Kier molecular flexibility index (Phi) is 8.28. The van der Waals surface area contributed by atoms with Gasteiger partial charge in [-0.2, -0.15) is 10.2 Å². The lowest BCUT2D eigenvalue weighted by Gasteiger charge is -2.12. The maximum atomic E-state index is 6.03. The largest absolute Gasteiger partial charge is 0.369 e. The summed E-state index contributed by atoms with van der Waals surface area (Å²) in [5.74, 6) is 0.444. The van der Waals surface area contributed by atoms with Gasteiger partial charge in [-0.05, 0) is 56.9 Å². The lowest BCUT2D eigenvalue weighted by atomic mass is 9.92. The third-order valence-corrected chi connectivity index (χ3v) is 6.12. The van der Waals surface area contributed by atoms with Gasteiger partial charge in [0.25, 0.3) is 0 Å². The van der Waals surface area contributed by atoms with E-state index in [1.807, 2.05) is 48.5 Å². The molecule has 6 N–H and O–H groups in total. The molecule has 2 aromatic heterocycles. The summed E-state index contributed by atoms with van der Waals surface area (Å²) >= 11 is 0. The Hall–Kier alpha value is -5.64. The van der Waals surface area contributed by atoms with Crippen LogP contribution < -0.4 is 22.3 Å². The highest BCUT2D eigenvalue weighted by molar-refractivity contribution is 6.21. The van der Waals surface area contributed by atoms with Gasteiger partial charge in [-0.1, -0.05) is 48.5 Å². The average Bonchev–Trinajstić information content (AvgIpc) is 3.01. The molecule has 5 rings (SSSR count). The van der Waals surface area contributed by atoms with Crippen molar-refractivity contribution in [1.82, 2.24) is 20.8 Å². The van der Waals surface area contributed by atoms with Gasteiger partial charge >= 0.3 is 0 Å². The Balaban J connectivity index is 1.39. The highest BCUT2D eigenvalue weighted by atomic mass is 15.4. The topological polar surface area (TPSA) is 151 Å². The predicted octanol–water partition coefficient (Wildman–Crippen LogP) is 3.66. The average molecular weight is 529 g/mol. The minimum absolute atomic E-state index is 0.222. The number of nitrogens with one attached hydrogen (secondary N) is 2.